The maximum Gasteiger partial charge on any atom is 0.389 e. The fraction of sp³-hybridized carbons (Fsp3) is 0.688. The first kappa shape index (κ1) is 22.4. The van der Waals surface area contributed by atoms with Crippen LogP contribution in [0.1, 0.15) is 19.6 Å². The number of anilines is 1. The Bertz CT molecular complexity index is 838. The molecule has 2 aromatic heterocycles. The van der Waals surface area contributed by atoms with Crippen LogP contribution in [-0.4, -0.2) is 78.5 Å². The summed E-state index contributed by atoms with van der Waals surface area (Å²) in [7, 11) is 0. The molecule has 0 bridgehead atoms. The van der Waals surface area contributed by atoms with Gasteiger partial charge in [-0.05, 0) is 13.2 Å². The molecule has 3 N–H and O–H groups in total. The zero-order chi connectivity index (χ0) is 21.2. The molecule has 0 aliphatic carbocycles. The summed E-state index contributed by atoms with van der Waals surface area (Å²) in [5, 5.41) is 23.6. The van der Waals surface area contributed by atoms with Gasteiger partial charge in [0, 0.05) is 18.1 Å². The van der Waals surface area contributed by atoms with Crippen molar-refractivity contribution in [3.8, 4) is 0 Å². The Balaban J connectivity index is 1.92. The highest BCUT2D eigenvalue weighted by molar-refractivity contribution is 7.99. The van der Waals surface area contributed by atoms with E-state index in [0.717, 1.165) is 17.5 Å². The first-order valence-electron chi connectivity index (χ1n) is 8.90. The van der Waals surface area contributed by atoms with Crippen molar-refractivity contribution in [2.45, 2.75) is 49.2 Å². The molecule has 0 amide bonds. The minimum atomic E-state index is -4.26. The normalized spacial score (nSPS) is 25.1. The van der Waals surface area contributed by atoms with E-state index in [2.05, 4.69) is 20.3 Å². The van der Waals surface area contributed by atoms with Gasteiger partial charge in [0.2, 0.25) is 0 Å². The number of aliphatic hydroxyl groups is 2. The van der Waals surface area contributed by atoms with Crippen molar-refractivity contribution in [2.24, 2.45) is 0 Å². The molecule has 1 saturated heterocycles. The molecule has 0 unspecified atom stereocenters. The van der Waals surface area contributed by atoms with Gasteiger partial charge in [-0.1, -0.05) is 11.8 Å². The number of ether oxygens (including phenoxy) is 1. The predicted molar refractivity (Wildman–Crippen MR) is 105 cm³/mol. The molecule has 0 radical (unpaired) electrons. The zero-order valence-corrected chi connectivity index (χ0v) is 17.4. The Morgan fingerprint density at radius 1 is 1.24 bits per heavy atom. The SMILES string of the molecule is CSCCNc1nc(SCCC(F)(F)F)nc2c1ncn2[C@@H]1O[C@H](C)[C@@H](O)[C@H]1O. The fourth-order valence-electron chi connectivity index (χ4n) is 2.86. The van der Waals surface area contributed by atoms with Gasteiger partial charge in [-0.3, -0.25) is 4.57 Å². The van der Waals surface area contributed by atoms with Crippen molar-refractivity contribution in [2.75, 3.05) is 29.6 Å². The molecule has 0 spiro atoms. The number of thioether (sulfide) groups is 2. The second kappa shape index (κ2) is 9.25. The second-order valence-corrected chi connectivity index (χ2v) is 8.57. The van der Waals surface area contributed by atoms with Crippen LogP contribution in [0.4, 0.5) is 19.0 Å². The quantitative estimate of drug-likeness (QED) is 0.315. The molecule has 1 fully saturated rings. The number of aromatic nitrogens is 4. The lowest BCUT2D eigenvalue weighted by molar-refractivity contribution is -0.129. The molecule has 29 heavy (non-hydrogen) atoms. The van der Waals surface area contributed by atoms with E-state index in [1.807, 2.05) is 6.26 Å². The van der Waals surface area contributed by atoms with E-state index in [1.54, 1.807) is 18.7 Å². The van der Waals surface area contributed by atoms with Gasteiger partial charge < -0.3 is 20.3 Å². The van der Waals surface area contributed by atoms with Gasteiger partial charge >= 0.3 is 6.18 Å². The first-order chi connectivity index (χ1) is 13.7. The summed E-state index contributed by atoms with van der Waals surface area (Å²) < 4.78 is 44.5. The van der Waals surface area contributed by atoms with Crippen molar-refractivity contribution in [3.05, 3.63) is 6.33 Å². The molecule has 1 aliphatic heterocycles. The number of hydrogen-bond acceptors (Lipinski definition) is 9. The van der Waals surface area contributed by atoms with Gasteiger partial charge in [-0.2, -0.15) is 24.9 Å². The Morgan fingerprint density at radius 2 is 2.00 bits per heavy atom. The molecule has 0 aromatic carbocycles. The number of aliphatic hydroxyl groups excluding tert-OH is 2. The maximum absolute atomic E-state index is 12.5. The summed E-state index contributed by atoms with van der Waals surface area (Å²) in [4.78, 5) is 13.0. The predicted octanol–water partition coefficient (Wildman–Crippen LogP) is 2.28. The van der Waals surface area contributed by atoms with Gasteiger partial charge in [0.1, 0.15) is 12.2 Å². The number of halogens is 3. The Hall–Kier alpha value is -1.28. The number of nitrogens with zero attached hydrogens (tertiary/aromatic N) is 4. The standard InChI is InChI=1S/C16H22F3N5O3S2/c1-8-10(25)11(26)14(27-8)24-7-21-9-12(20-4-6-28-2)22-15(23-13(9)24)29-5-3-16(17,18)19/h7-8,10-11,14,25-26H,3-6H2,1-2H3,(H,20,22,23)/t8-,10-,11-,14-/m1/s1. The second-order valence-electron chi connectivity index (χ2n) is 6.53. The average molecular weight is 454 g/mol. The summed E-state index contributed by atoms with van der Waals surface area (Å²) >= 11 is 2.52. The fourth-order valence-corrected chi connectivity index (χ4v) is 3.99. The Morgan fingerprint density at radius 3 is 2.62 bits per heavy atom. The van der Waals surface area contributed by atoms with Crippen LogP contribution < -0.4 is 5.32 Å². The van der Waals surface area contributed by atoms with E-state index < -0.39 is 37.1 Å². The van der Waals surface area contributed by atoms with Crippen molar-refractivity contribution in [3.63, 3.8) is 0 Å². The number of fused-ring (bicyclic) bond motifs is 1. The van der Waals surface area contributed by atoms with Gasteiger partial charge in [0.15, 0.2) is 28.4 Å². The van der Waals surface area contributed by atoms with Crippen LogP contribution in [0.3, 0.4) is 0 Å². The molecule has 8 nitrogen and oxygen atoms in total. The number of rotatable bonds is 8. The van der Waals surface area contributed by atoms with Crippen LogP contribution in [0.15, 0.2) is 11.5 Å². The summed E-state index contributed by atoms with van der Waals surface area (Å²) in [6.07, 6.45) is -5.60. The van der Waals surface area contributed by atoms with E-state index in [0.29, 0.717) is 23.5 Å². The topological polar surface area (TPSA) is 105 Å². The molecule has 3 heterocycles. The minimum absolute atomic E-state index is 0.163. The van der Waals surface area contributed by atoms with Crippen molar-refractivity contribution < 1.29 is 28.1 Å². The van der Waals surface area contributed by atoms with Crippen molar-refractivity contribution in [1.29, 1.82) is 0 Å². The third-order valence-corrected chi connectivity index (χ3v) is 5.83. The van der Waals surface area contributed by atoms with Crippen LogP contribution in [0.5, 0.6) is 0 Å². The number of nitrogens with one attached hydrogen (secondary N) is 1. The molecule has 3 rings (SSSR count). The van der Waals surface area contributed by atoms with E-state index in [9.17, 15) is 23.4 Å². The molecule has 13 heteroatoms. The van der Waals surface area contributed by atoms with E-state index >= 15 is 0 Å². The van der Waals surface area contributed by atoms with Gasteiger partial charge in [0.05, 0.1) is 18.9 Å². The van der Waals surface area contributed by atoms with Crippen LogP contribution in [0, 0.1) is 0 Å². The smallest absolute Gasteiger partial charge is 0.388 e. The van der Waals surface area contributed by atoms with E-state index in [4.69, 9.17) is 4.74 Å². The summed E-state index contributed by atoms with van der Waals surface area (Å²) in [5.74, 6) is 0.987. The monoisotopic (exact) mass is 453 g/mol. The van der Waals surface area contributed by atoms with Crippen molar-refractivity contribution >= 4 is 40.5 Å². The number of alkyl halides is 3. The molecule has 1 aliphatic rings. The van der Waals surface area contributed by atoms with Crippen molar-refractivity contribution in [1.82, 2.24) is 19.5 Å². The minimum Gasteiger partial charge on any atom is -0.388 e. The summed E-state index contributed by atoms with van der Waals surface area (Å²) in [6, 6.07) is 0. The van der Waals surface area contributed by atoms with Gasteiger partial charge in [-0.25, -0.2) is 15.0 Å². The molecule has 0 saturated carbocycles. The lowest BCUT2D eigenvalue weighted by Gasteiger charge is -2.17. The summed E-state index contributed by atoms with van der Waals surface area (Å²) in [5.41, 5.74) is 0.725. The highest BCUT2D eigenvalue weighted by Crippen LogP contribution is 2.33. The highest BCUT2D eigenvalue weighted by Gasteiger charge is 2.42. The Labute approximate surface area is 173 Å². The lowest BCUT2D eigenvalue weighted by atomic mass is 10.1. The third-order valence-electron chi connectivity index (χ3n) is 4.37. The zero-order valence-electron chi connectivity index (χ0n) is 15.8. The summed E-state index contributed by atoms with van der Waals surface area (Å²) in [6.45, 7) is 2.22. The van der Waals surface area contributed by atoms with Gasteiger partial charge in [-0.15, -0.1) is 0 Å². The molecule has 2 aromatic rings. The van der Waals surface area contributed by atoms with Crippen LogP contribution in [-0.2, 0) is 4.74 Å². The lowest BCUT2D eigenvalue weighted by Crippen LogP contribution is -2.30. The van der Waals surface area contributed by atoms with Crippen LogP contribution in [0.2, 0.25) is 0 Å². The van der Waals surface area contributed by atoms with Crippen LogP contribution in [0.25, 0.3) is 11.2 Å². The number of hydrogen-bond donors (Lipinski definition) is 3. The van der Waals surface area contributed by atoms with Gasteiger partial charge in [0.25, 0.3) is 0 Å². The first-order valence-corrected chi connectivity index (χ1v) is 11.3. The highest BCUT2D eigenvalue weighted by atomic mass is 32.2. The number of imidazole rings is 1. The molecular formula is C16H22F3N5O3S2. The third kappa shape index (κ3) is 5.26. The van der Waals surface area contributed by atoms with Crippen LogP contribution >= 0.6 is 23.5 Å². The molecule has 162 valence electrons. The molecule has 4 atom stereocenters. The maximum atomic E-state index is 12.5. The van der Waals surface area contributed by atoms with E-state index in [1.165, 1.54) is 10.9 Å². The average Bonchev–Trinajstić information content (AvgIpc) is 3.17. The van der Waals surface area contributed by atoms with E-state index in [-0.39, 0.29) is 10.9 Å². The largest absolute Gasteiger partial charge is 0.389 e. The Kier molecular flexibility index (Phi) is 7.14. The molecular weight excluding hydrogens is 431 g/mol.